The van der Waals surface area contributed by atoms with E-state index >= 15 is 0 Å². The monoisotopic (exact) mass is 416 g/mol. The van der Waals surface area contributed by atoms with Crippen LogP contribution < -0.4 is 5.73 Å². The van der Waals surface area contributed by atoms with Crippen LogP contribution >= 0.6 is 0 Å². The molecule has 0 saturated heterocycles. The normalized spacial score (nSPS) is 14.5. The molecule has 0 saturated carbocycles. The van der Waals surface area contributed by atoms with Gasteiger partial charge in [-0.2, -0.15) is 0 Å². The van der Waals surface area contributed by atoms with E-state index in [1.54, 1.807) is 0 Å². The molecule has 3 nitrogen and oxygen atoms in total. The lowest BCUT2D eigenvalue weighted by atomic mass is 9.90. The van der Waals surface area contributed by atoms with Crippen LogP contribution in [-0.2, 0) is 19.5 Å². The first-order chi connectivity index (χ1) is 15.0. The Labute approximate surface area is 187 Å². The van der Waals surface area contributed by atoms with Crippen molar-refractivity contribution in [3.8, 4) is 0 Å². The number of rotatable bonds is 11. The zero-order valence-electron chi connectivity index (χ0n) is 18.8. The van der Waals surface area contributed by atoms with Gasteiger partial charge >= 0.3 is 0 Å². The number of hydrogen-bond acceptors (Lipinski definition) is 3. The Morgan fingerprint density at radius 3 is 1.55 bits per heavy atom. The van der Waals surface area contributed by atoms with Crippen LogP contribution in [0.1, 0.15) is 37.0 Å². The molecule has 0 bridgehead atoms. The molecule has 0 heterocycles. The molecule has 0 aliphatic heterocycles. The topological polar surface area (TPSA) is 49.5 Å². The number of nitrogens with zero attached hydrogens (tertiary/aromatic N) is 1. The second kappa shape index (κ2) is 11.8. The molecule has 0 aliphatic carbocycles. The Balaban J connectivity index is 1.93. The van der Waals surface area contributed by atoms with E-state index in [-0.39, 0.29) is 12.1 Å². The molecule has 0 fully saturated rings. The lowest BCUT2D eigenvalue weighted by Crippen LogP contribution is -2.52. The summed E-state index contributed by atoms with van der Waals surface area (Å²) < 4.78 is 0. The van der Waals surface area contributed by atoms with Crippen LogP contribution in [0.15, 0.2) is 91.0 Å². The number of benzene rings is 3. The molecule has 3 aromatic rings. The van der Waals surface area contributed by atoms with Crippen molar-refractivity contribution in [2.24, 2.45) is 11.7 Å². The van der Waals surface area contributed by atoms with Crippen LogP contribution in [0.3, 0.4) is 0 Å². The lowest BCUT2D eigenvalue weighted by Gasteiger charge is -2.38. The van der Waals surface area contributed by atoms with E-state index in [2.05, 4.69) is 91.5 Å². The number of nitrogens with two attached hydrogens (primary N) is 1. The molecule has 3 rings (SSSR count). The Bertz CT molecular complexity index is 826. The first-order valence-corrected chi connectivity index (χ1v) is 11.3. The van der Waals surface area contributed by atoms with Crippen molar-refractivity contribution in [3.63, 3.8) is 0 Å². The van der Waals surface area contributed by atoms with Gasteiger partial charge in [-0.25, -0.2) is 0 Å². The van der Waals surface area contributed by atoms with Gasteiger partial charge in [-0.1, -0.05) is 105 Å². The largest absolute Gasteiger partial charge is 0.390 e. The molecule has 0 aromatic heterocycles. The third-order valence-corrected chi connectivity index (χ3v) is 5.79. The van der Waals surface area contributed by atoms with Crippen LogP contribution in [0.4, 0.5) is 0 Å². The van der Waals surface area contributed by atoms with Crippen LogP contribution in [-0.4, -0.2) is 28.2 Å². The number of aliphatic hydroxyl groups excluding tert-OH is 1. The Hall–Kier alpha value is -2.46. The van der Waals surface area contributed by atoms with E-state index in [0.717, 1.165) is 25.9 Å². The highest BCUT2D eigenvalue weighted by Crippen LogP contribution is 2.22. The smallest absolute Gasteiger partial charge is 0.0849 e. The first-order valence-electron chi connectivity index (χ1n) is 11.3. The second-order valence-corrected chi connectivity index (χ2v) is 8.92. The van der Waals surface area contributed by atoms with Gasteiger partial charge in [-0.15, -0.1) is 0 Å². The minimum absolute atomic E-state index is 0.0865. The zero-order chi connectivity index (χ0) is 22.1. The van der Waals surface area contributed by atoms with Gasteiger partial charge in [-0.3, -0.25) is 4.90 Å². The molecule has 3 atom stereocenters. The van der Waals surface area contributed by atoms with Crippen molar-refractivity contribution in [2.45, 2.75) is 58.0 Å². The molecule has 3 heteroatoms. The maximum Gasteiger partial charge on any atom is 0.0849 e. The van der Waals surface area contributed by atoms with Crippen LogP contribution in [0, 0.1) is 5.92 Å². The fourth-order valence-corrected chi connectivity index (χ4v) is 4.22. The summed E-state index contributed by atoms with van der Waals surface area (Å²) in [7, 11) is 0. The number of aliphatic hydroxyl groups is 1. The molecule has 31 heavy (non-hydrogen) atoms. The highest BCUT2D eigenvalue weighted by molar-refractivity contribution is 5.20. The van der Waals surface area contributed by atoms with Gasteiger partial charge in [0.1, 0.15) is 0 Å². The van der Waals surface area contributed by atoms with Gasteiger partial charge in [0.05, 0.1) is 6.10 Å². The Kier molecular flexibility index (Phi) is 8.84. The molecule has 0 spiro atoms. The quantitative estimate of drug-likeness (QED) is 0.461. The minimum atomic E-state index is -0.616. The second-order valence-electron chi connectivity index (χ2n) is 8.92. The highest BCUT2D eigenvalue weighted by Gasteiger charge is 2.31. The maximum absolute atomic E-state index is 11.4. The third-order valence-electron chi connectivity index (χ3n) is 5.79. The van der Waals surface area contributed by atoms with Gasteiger partial charge in [0, 0.05) is 25.2 Å². The van der Waals surface area contributed by atoms with Gasteiger partial charge in [0.25, 0.3) is 0 Å². The van der Waals surface area contributed by atoms with E-state index in [9.17, 15) is 5.11 Å². The van der Waals surface area contributed by atoms with Crippen LogP contribution in [0.2, 0.25) is 0 Å². The van der Waals surface area contributed by atoms with Crippen molar-refractivity contribution in [3.05, 3.63) is 108 Å². The van der Waals surface area contributed by atoms with Crippen LogP contribution in [0.5, 0.6) is 0 Å². The Morgan fingerprint density at radius 1 is 0.710 bits per heavy atom. The summed E-state index contributed by atoms with van der Waals surface area (Å²) in [4.78, 5) is 2.39. The molecule has 0 aliphatic rings. The molecule has 3 aromatic carbocycles. The predicted molar refractivity (Wildman–Crippen MR) is 130 cm³/mol. The Morgan fingerprint density at radius 2 is 1.13 bits per heavy atom. The predicted octanol–water partition coefficient (Wildman–Crippen LogP) is 5.03. The van der Waals surface area contributed by atoms with E-state index < -0.39 is 6.10 Å². The van der Waals surface area contributed by atoms with Crippen LogP contribution in [0.25, 0.3) is 0 Å². The van der Waals surface area contributed by atoms with Gasteiger partial charge < -0.3 is 10.8 Å². The summed E-state index contributed by atoms with van der Waals surface area (Å²) in [5.41, 5.74) is 10.2. The summed E-state index contributed by atoms with van der Waals surface area (Å²) in [6, 6.07) is 31.1. The SMILES string of the molecule is CC(C)CC(N)[C@@H](O)[C@H](Cc1ccccc1)N(Cc1ccccc1)Cc1ccccc1. The van der Waals surface area contributed by atoms with E-state index in [0.29, 0.717) is 5.92 Å². The average Bonchev–Trinajstić information content (AvgIpc) is 2.78. The van der Waals surface area contributed by atoms with Crippen molar-refractivity contribution < 1.29 is 5.11 Å². The van der Waals surface area contributed by atoms with E-state index in [1.807, 2.05) is 18.2 Å². The minimum Gasteiger partial charge on any atom is -0.390 e. The standard InChI is InChI=1S/C28H36N2O/c1-22(2)18-26(29)28(31)27(19-23-12-6-3-7-13-23)30(20-24-14-8-4-9-15-24)21-25-16-10-5-11-17-25/h3-17,22,26-28,31H,18-21,29H2,1-2H3/t26?,27-,28+/m0/s1. The van der Waals surface area contributed by atoms with Crippen molar-refractivity contribution >= 4 is 0 Å². The lowest BCUT2D eigenvalue weighted by molar-refractivity contribution is 0.0193. The molecular weight excluding hydrogens is 380 g/mol. The van der Waals surface area contributed by atoms with E-state index in [1.165, 1.54) is 16.7 Å². The fourth-order valence-electron chi connectivity index (χ4n) is 4.22. The molecule has 3 N–H and O–H groups in total. The highest BCUT2D eigenvalue weighted by atomic mass is 16.3. The zero-order valence-corrected chi connectivity index (χ0v) is 18.8. The maximum atomic E-state index is 11.4. The molecule has 164 valence electrons. The average molecular weight is 417 g/mol. The third kappa shape index (κ3) is 7.32. The number of hydrogen-bond donors (Lipinski definition) is 2. The summed E-state index contributed by atoms with van der Waals surface area (Å²) in [6.07, 6.45) is 0.944. The van der Waals surface area contributed by atoms with Crippen molar-refractivity contribution in [2.75, 3.05) is 0 Å². The molecule has 0 radical (unpaired) electrons. The molecule has 1 unspecified atom stereocenters. The van der Waals surface area contributed by atoms with Crippen molar-refractivity contribution in [1.29, 1.82) is 0 Å². The van der Waals surface area contributed by atoms with Crippen molar-refractivity contribution in [1.82, 2.24) is 4.90 Å². The summed E-state index contributed by atoms with van der Waals surface area (Å²) in [6.45, 7) is 5.84. The van der Waals surface area contributed by atoms with Gasteiger partial charge in [0.2, 0.25) is 0 Å². The summed E-state index contributed by atoms with van der Waals surface area (Å²) >= 11 is 0. The first kappa shape index (κ1) is 23.2. The fraction of sp³-hybridized carbons (Fsp3) is 0.357. The van der Waals surface area contributed by atoms with Gasteiger partial charge in [-0.05, 0) is 35.4 Å². The molecule has 0 amide bonds. The van der Waals surface area contributed by atoms with E-state index in [4.69, 9.17) is 5.73 Å². The summed E-state index contributed by atoms with van der Waals surface area (Å²) in [5.74, 6) is 0.443. The van der Waals surface area contributed by atoms with Gasteiger partial charge in [0.15, 0.2) is 0 Å². The molecular formula is C28H36N2O. The summed E-state index contributed by atoms with van der Waals surface area (Å²) in [5, 5.41) is 11.4.